The van der Waals surface area contributed by atoms with Gasteiger partial charge in [0.2, 0.25) is 0 Å². The zero-order valence-corrected chi connectivity index (χ0v) is 11.6. The summed E-state index contributed by atoms with van der Waals surface area (Å²) in [4.78, 5) is 0. The van der Waals surface area contributed by atoms with Gasteiger partial charge in [-0.3, -0.25) is 0 Å². The maximum Gasteiger partial charge on any atom is 0.191 e. The van der Waals surface area contributed by atoms with Crippen LogP contribution in [-0.2, 0) is 9.47 Å². The molecule has 0 aromatic heterocycles. The zero-order valence-electron chi connectivity index (χ0n) is 10.0. The Morgan fingerprint density at radius 3 is 2.31 bits per heavy atom. The fraction of sp³-hybridized carbons (Fsp3) is 0.500. The lowest BCUT2D eigenvalue weighted by molar-refractivity contribution is -0.122. The van der Waals surface area contributed by atoms with E-state index < -0.39 is 0 Å². The van der Waals surface area contributed by atoms with Crippen LogP contribution in [0.5, 0.6) is 5.75 Å². The predicted octanol–water partition coefficient (Wildman–Crippen LogP) is 3.06. The first kappa shape index (κ1) is 13.5. The van der Waals surface area contributed by atoms with Gasteiger partial charge in [-0.25, -0.2) is 0 Å². The lowest BCUT2D eigenvalue weighted by Gasteiger charge is -2.16. The van der Waals surface area contributed by atoms with Crippen molar-refractivity contribution in [1.29, 1.82) is 0 Å². The van der Waals surface area contributed by atoms with E-state index in [0.29, 0.717) is 6.61 Å². The van der Waals surface area contributed by atoms with Crippen LogP contribution >= 0.6 is 15.9 Å². The van der Waals surface area contributed by atoms with E-state index in [0.717, 1.165) is 21.3 Å². The van der Waals surface area contributed by atoms with Gasteiger partial charge in [-0.1, -0.05) is 15.9 Å². The summed E-state index contributed by atoms with van der Waals surface area (Å²) in [6.45, 7) is 4.42. The van der Waals surface area contributed by atoms with Crippen molar-refractivity contribution in [3.05, 3.63) is 27.7 Å². The molecular weight excluding hydrogens is 272 g/mol. The number of hydrogen-bond acceptors (Lipinski definition) is 3. The van der Waals surface area contributed by atoms with Gasteiger partial charge in [0, 0.05) is 18.7 Å². The SMILES string of the molecule is COC(COc1cc(C)c(Br)cc1C)OC. The molecule has 0 N–H and O–H groups in total. The van der Waals surface area contributed by atoms with E-state index >= 15 is 0 Å². The second-order valence-electron chi connectivity index (χ2n) is 3.58. The number of ether oxygens (including phenoxy) is 3. The van der Waals surface area contributed by atoms with Crippen LogP contribution in [0.2, 0.25) is 0 Å². The van der Waals surface area contributed by atoms with Crippen LogP contribution in [0.4, 0.5) is 0 Å². The summed E-state index contributed by atoms with van der Waals surface area (Å²) < 4.78 is 16.9. The first-order valence-corrected chi connectivity index (χ1v) is 5.83. The van der Waals surface area contributed by atoms with Crippen LogP contribution in [0.3, 0.4) is 0 Å². The molecule has 1 aromatic carbocycles. The van der Waals surface area contributed by atoms with Crippen LogP contribution in [0, 0.1) is 13.8 Å². The highest BCUT2D eigenvalue weighted by molar-refractivity contribution is 9.10. The van der Waals surface area contributed by atoms with E-state index in [1.54, 1.807) is 14.2 Å². The highest BCUT2D eigenvalue weighted by atomic mass is 79.9. The largest absolute Gasteiger partial charge is 0.488 e. The summed E-state index contributed by atoms with van der Waals surface area (Å²) in [6, 6.07) is 4.04. The molecule has 0 aliphatic carbocycles. The minimum absolute atomic E-state index is 0.330. The van der Waals surface area contributed by atoms with E-state index in [4.69, 9.17) is 14.2 Å². The van der Waals surface area contributed by atoms with E-state index in [1.165, 1.54) is 0 Å². The van der Waals surface area contributed by atoms with Crippen molar-refractivity contribution in [2.24, 2.45) is 0 Å². The second kappa shape index (κ2) is 6.23. The summed E-state index contributed by atoms with van der Waals surface area (Å²) in [7, 11) is 3.19. The Morgan fingerprint density at radius 2 is 1.75 bits per heavy atom. The van der Waals surface area contributed by atoms with Gasteiger partial charge in [0.05, 0.1) is 0 Å². The van der Waals surface area contributed by atoms with Crippen LogP contribution in [0.15, 0.2) is 16.6 Å². The summed E-state index contributed by atoms with van der Waals surface area (Å²) in [5, 5.41) is 0. The molecule has 0 radical (unpaired) electrons. The van der Waals surface area contributed by atoms with Crippen LogP contribution in [0.25, 0.3) is 0 Å². The Morgan fingerprint density at radius 1 is 1.12 bits per heavy atom. The lowest BCUT2D eigenvalue weighted by Crippen LogP contribution is -2.22. The van der Waals surface area contributed by atoms with Gasteiger partial charge in [0.15, 0.2) is 6.29 Å². The van der Waals surface area contributed by atoms with Gasteiger partial charge in [0.1, 0.15) is 12.4 Å². The van der Waals surface area contributed by atoms with Crippen molar-refractivity contribution in [2.45, 2.75) is 20.1 Å². The van der Waals surface area contributed by atoms with E-state index in [2.05, 4.69) is 15.9 Å². The van der Waals surface area contributed by atoms with Gasteiger partial charge < -0.3 is 14.2 Å². The highest BCUT2D eigenvalue weighted by Gasteiger charge is 2.08. The Hall–Kier alpha value is -0.580. The average Bonchev–Trinajstić information content (AvgIpc) is 2.26. The van der Waals surface area contributed by atoms with Crippen LogP contribution in [-0.4, -0.2) is 27.1 Å². The Bertz CT molecular complexity index is 348. The zero-order chi connectivity index (χ0) is 12.1. The number of halogens is 1. The van der Waals surface area contributed by atoms with E-state index in [-0.39, 0.29) is 6.29 Å². The van der Waals surface area contributed by atoms with Gasteiger partial charge in [0.25, 0.3) is 0 Å². The summed E-state index contributed by atoms with van der Waals surface area (Å²) in [5.41, 5.74) is 2.23. The number of methoxy groups -OCH3 is 2. The normalized spacial score (nSPS) is 10.9. The van der Waals surface area contributed by atoms with Gasteiger partial charge >= 0.3 is 0 Å². The molecular formula is C12H17BrO3. The summed E-state index contributed by atoms with van der Waals surface area (Å²) in [6.07, 6.45) is -0.330. The third kappa shape index (κ3) is 3.47. The molecule has 0 spiro atoms. The molecule has 0 aliphatic rings. The molecule has 0 bridgehead atoms. The molecule has 1 aromatic rings. The molecule has 0 saturated heterocycles. The minimum atomic E-state index is -0.330. The molecule has 3 nitrogen and oxygen atoms in total. The molecule has 0 unspecified atom stereocenters. The first-order chi connectivity index (χ1) is 7.58. The molecule has 0 heterocycles. The smallest absolute Gasteiger partial charge is 0.191 e. The number of hydrogen-bond donors (Lipinski definition) is 0. The maximum atomic E-state index is 5.65. The van der Waals surface area contributed by atoms with E-state index in [1.807, 2.05) is 26.0 Å². The monoisotopic (exact) mass is 288 g/mol. The molecule has 16 heavy (non-hydrogen) atoms. The fourth-order valence-electron chi connectivity index (χ4n) is 1.30. The number of aryl methyl sites for hydroxylation is 2. The molecule has 0 fully saturated rings. The highest BCUT2D eigenvalue weighted by Crippen LogP contribution is 2.26. The topological polar surface area (TPSA) is 27.7 Å². The van der Waals surface area contributed by atoms with Gasteiger partial charge in [-0.15, -0.1) is 0 Å². The molecule has 0 atom stereocenters. The van der Waals surface area contributed by atoms with Crippen molar-refractivity contribution in [2.75, 3.05) is 20.8 Å². The summed E-state index contributed by atoms with van der Waals surface area (Å²) >= 11 is 3.48. The van der Waals surface area contributed by atoms with Crippen molar-refractivity contribution in [3.63, 3.8) is 0 Å². The summed E-state index contributed by atoms with van der Waals surface area (Å²) in [5.74, 6) is 0.861. The molecule has 90 valence electrons. The minimum Gasteiger partial charge on any atom is -0.488 e. The van der Waals surface area contributed by atoms with Crippen molar-refractivity contribution >= 4 is 15.9 Å². The van der Waals surface area contributed by atoms with Gasteiger partial charge in [-0.2, -0.15) is 0 Å². The van der Waals surface area contributed by atoms with E-state index in [9.17, 15) is 0 Å². The predicted molar refractivity (Wildman–Crippen MR) is 66.9 cm³/mol. The third-order valence-corrected chi connectivity index (χ3v) is 3.21. The molecule has 0 aliphatic heterocycles. The fourth-order valence-corrected chi connectivity index (χ4v) is 1.76. The lowest BCUT2D eigenvalue weighted by atomic mass is 10.1. The third-order valence-electron chi connectivity index (χ3n) is 2.36. The quantitative estimate of drug-likeness (QED) is 0.780. The Labute approximate surface area is 105 Å². The molecule has 4 heteroatoms. The van der Waals surface area contributed by atoms with Crippen LogP contribution in [0.1, 0.15) is 11.1 Å². The Balaban J connectivity index is 2.70. The van der Waals surface area contributed by atoms with Crippen molar-refractivity contribution in [1.82, 2.24) is 0 Å². The molecule has 1 rings (SSSR count). The standard InChI is InChI=1S/C12H17BrO3/c1-8-6-11(9(2)5-10(8)13)16-7-12(14-3)15-4/h5-6,12H,7H2,1-4H3. The van der Waals surface area contributed by atoms with Gasteiger partial charge in [-0.05, 0) is 37.1 Å². The number of rotatable bonds is 5. The Kier molecular flexibility index (Phi) is 5.25. The second-order valence-corrected chi connectivity index (χ2v) is 4.43. The van der Waals surface area contributed by atoms with Crippen molar-refractivity contribution in [3.8, 4) is 5.75 Å². The molecule has 0 amide bonds. The maximum absolute atomic E-state index is 5.65. The van der Waals surface area contributed by atoms with Crippen molar-refractivity contribution < 1.29 is 14.2 Å². The molecule has 0 saturated carbocycles. The average molecular weight is 289 g/mol. The van der Waals surface area contributed by atoms with Crippen LogP contribution < -0.4 is 4.74 Å². The number of benzene rings is 1. The first-order valence-electron chi connectivity index (χ1n) is 5.03.